The quantitative estimate of drug-likeness (QED) is 0.0540. The van der Waals surface area contributed by atoms with Crippen LogP contribution in [0.5, 0.6) is 0 Å². The molecule has 7 heteroatoms. The zero-order chi connectivity index (χ0) is 35.9. The Morgan fingerprint density at radius 1 is 0.720 bits per heavy atom. The Kier molecular flexibility index (Phi) is 15.4. The van der Waals surface area contributed by atoms with E-state index in [1.54, 1.807) is 12.1 Å². The van der Waals surface area contributed by atoms with Gasteiger partial charge in [0.25, 0.3) is 5.91 Å². The van der Waals surface area contributed by atoms with Crippen LogP contribution in [-0.4, -0.2) is 46.6 Å². The van der Waals surface area contributed by atoms with Gasteiger partial charge in [0.05, 0.1) is 12.0 Å². The van der Waals surface area contributed by atoms with Gasteiger partial charge in [0.15, 0.2) is 0 Å². The van der Waals surface area contributed by atoms with Gasteiger partial charge in [0, 0.05) is 66.1 Å². The van der Waals surface area contributed by atoms with Crippen molar-refractivity contribution >= 4 is 28.5 Å². The van der Waals surface area contributed by atoms with Gasteiger partial charge in [-0.3, -0.25) is 4.79 Å². The Hall–Kier alpha value is -4.13. The minimum Gasteiger partial charge on any atom is -0.545 e. The molecule has 1 heterocycles. The van der Waals surface area contributed by atoms with E-state index in [1.165, 1.54) is 96.0 Å². The number of aromatic carboxylic acids is 1. The molecule has 2 aliphatic rings. The van der Waals surface area contributed by atoms with Crippen LogP contribution in [0.1, 0.15) is 130 Å². The number of carbonyl (C=O) groups is 2. The van der Waals surface area contributed by atoms with E-state index in [1.807, 2.05) is 74.1 Å². The molecule has 4 rings (SSSR count). The summed E-state index contributed by atoms with van der Waals surface area (Å²) < 4.78 is 8.39. The van der Waals surface area contributed by atoms with Crippen molar-refractivity contribution in [3.05, 3.63) is 71.1 Å². The summed E-state index contributed by atoms with van der Waals surface area (Å²) in [7, 11) is 7.86. The van der Waals surface area contributed by atoms with Gasteiger partial charge < -0.3 is 24.5 Å². The first-order valence-electron chi connectivity index (χ1n) is 19.0. The molecule has 1 aliphatic carbocycles. The Labute approximate surface area is 299 Å². The minimum atomic E-state index is -1.33. The summed E-state index contributed by atoms with van der Waals surface area (Å²) in [5, 5.41) is 17.3. The third-order valence-electron chi connectivity index (χ3n) is 9.81. The molecular formula is C43H59N3O4. The highest BCUT2D eigenvalue weighted by Crippen LogP contribution is 2.42. The van der Waals surface area contributed by atoms with Gasteiger partial charge >= 0.3 is 0 Å². The molecule has 0 atom stereocenters. The number of hydrogen-bond acceptors (Lipinski definition) is 5. The lowest BCUT2D eigenvalue weighted by atomic mass is 9.89. The van der Waals surface area contributed by atoms with Gasteiger partial charge in [0.1, 0.15) is 25.4 Å². The summed E-state index contributed by atoms with van der Waals surface area (Å²) in [5.74, 6) is -0.965. The maximum absolute atomic E-state index is 13.1. The maximum atomic E-state index is 13.1. The number of carboxylic acids is 1. The predicted molar refractivity (Wildman–Crippen MR) is 206 cm³/mol. The standard InChI is InChI=1S/C43H59N3O4/c1-6-7-8-9-10-11-12-13-14-15-16-17-18-19-20-21-28-44-42(47)32-22-25-35(38(29-32)43(48)49)41-36-26-23-33(45(2)3)30-39(36)50-40-31-34(46(4)5)24-27-37(40)41/h22-27,29-31H,6-21,28H2,1-5H3,(H-,44,47,48,49). The third kappa shape index (κ3) is 10.9. The normalized spacial score (nSPS) is 11.3. The fraction of sp³-hybridized carbons (Fsp3) is 0.512. The number of anilines is 1. The van der Waals surface area contributed by atoms with Crippen LogP contribution in [0.4, 0.5) is 5.69 Å². The van der Waals surface area contributed by atoms with E-state index in [0.29, 0.717) is 29.0 Å². The number of rotatable bonds is 21. The highest BCUT2D eigenvalue weighted by Gasteiger charge is 2.22. The van der Waals surface area contributed by atoms with Crippen molar-refractivity contribution < 1.29 is 19.1 Å². The molecule has 0 unspecified atom stereocenters. The van der Waals surface area contributed by atoms with Crippen LogP contribution in [0.25, 0.3) is 33.4 Å². The Bertz CT molecular complexity index is 1730. The summed E-state index contributed by atoms with van der Waals surface area (Å²) in [6, 6.07) is 16.7. The molecular weight excluding hydrogens is 622 g/mol. The maximum Gasteiger partial charge on any atom is 0.251 e. The third-order valence-corrected chi connectivity index (χ3v) is 9.81. The van der Waals surface area contributed by atoms with Crippen LogP contribution >= 0.6 is 0 Å². The topological polar surface area (TPSA) is 88.6 Å². The highest BCUT2D eigenvalue weighted by atomic mass is 16.4. The molecule has 0 radical (unpaired) electrons. The van der Waals surface area contributed by atoms with Crippen LogP contribution in [0.3, 0.4) is 0 Å². The fourth-order valence-corrected chi connectivity index (χ4v) is 6.76. The number of fused-ring (bicyclic) bond motifs is 2. The molecule has 0 saturated carbocycles. The second-order valence-corrected chi connectivity index (χ2v) is 14.2. The first-order valence-corrected chi connectivity index (χ1v) is 19.0. The van der Waals surface area contributed by atoms with Crippen LogP contribution < -0.4 is 25.3 Å². The van der Waals surface area contributed by atoms with Crippen LogP contribution in [-0.2, 0) is 0 Å². The van der Waals surface area contributed by atoms with E-state index in [0.717, 1.165) is 40.4 Å². The fourth-order valence-electron chi connectivity index (χ4n) is 6.76. The number of hydrogen-bond donors (Lipinski definition) is 1. The van der Waals surface area contributed by atoms with E-state index < -0.39 is 5.97 Å². The van der Waals surface area contributed by atoms with Crippen molar-refractivity contribution in [1.29, 1.82) is 0 Å². The van der Waals surface area contributed by atoms with Crippen LogP contribution in [0.15, 0.2) is 59.0 Å². The molecule has 1 N–H and O–H groups in total. The summed E-state index contributed by atoms with van der Waals surface area (Å²) in [6.45, 7) is 2.84. The van der Waals surface area contributed by atoms with Crippen molar-refractivity contribution in [3.8, 4) is 22.5 Å². The highest BCUT2D eigenvalue weighted by molar-refractivity contribution is 6.09. The van der Waals surface area contributed by atoms with E-state index >= 15 is 0 Å². The van der Waals surface area contributed by atoms with Gasteiger partial charge in [0.2, 0.25) is 5.36 Å². The SMILES string of the molecule is CCCCCCCCCCCCCCCCCCNC(=O)c1ccc(-c2c3ccc(=[N+](C)C)cc-3oc3cc(N(C)C)ccc23)c(C(=O)[O-])c1. The van der Waals surface area contributed by atoms with Crippen LogP contribution in [0, 0.1) is 0 Å². The molecule has 0 bridgehead atoms. The zero-order valence-electron chi connectivity index (χ0n) is 31.2. The summed E-state index contributed by atoms with van der Waals surface area (Å²) >= 11 is 0. The first kappa shape index (κ1) is 38.7. The second-order valence-electron chi connectivity index (χ2n) is 14.2. The second kappa shape index (κ2) is 19.9. The Morgan fingerprint density at radius 2 is 1.30 bits per heavy atom. The molecule has 1 aliphatic heterocycles. The van der Waals surface area contributed by atoms with E-state index in [4.69, 9.17) is 4.42 Å². The lowest BCUT2D eigenvalue weighted by Crippen LogP contribution is -2.27. The average Bonchev–Trinajstić information content (AvgIpc) is 3.10. The Balaban J connectivity index is 1.33. The molecule has 50 heavy (non-hydrogen) atoms. The molecule has 2 aromatic rings. The lowest BCUT2D eigenvalue weighted by Gasteiger charge is -2.20. The number of benzene rings is 3. The average molecular weight is 682 g/mol. The zero-order valence-corrected chi connectivity index (χ0v) is 31.2. The number of unbranched alkanes of at least 4 members (excludes halogenated alkanes) is 15. The molecule has 7 nitrogen and oxygen atoms in total. The Morgan fingerprint density at radius 3 is 1.86 bits per heavy atom. The van der Waals surface area contributed by atoms with E-state index in [2.05, 4.69) is 12.2 Å². The molecule has 0 fully saturated rings. The molecule has 2 aromatic carbocycles. The minimum absolute atomic E-state index is 0.0257. The molecule has 270 valence electrons. The van der Waals surface area contributed by atoms with Gasteiger partial charge in [-0.1, -0.05) is 109 Å². The molecule has 1 amide bonds. The first-order chi connectivity index (χ1) is 24.2. The summed E-state index contributed by atoms with van der Waals surface area (Å²) in [5.41, 5.74) is 3.89. The van der Waals surface area contributed by atoms with Crippen LogP contribution in [0.2, 0.25) is 0 Å². The molecule has 0 aromatic heterocycles. The van der Waals surface area contributed by atoms with Crippen molar-refractivity contribution in [2.45, 2.75) is 110 Å². The number of nitrogens with zero attached hydrogens (tertiary/aromatic N) is 2. The van der Waals surface area contributed by atoms with E-state index in [9.17, 15) is 14.7 Å². The predicted octanol–water partition coefficient (Wildman–Crippen LogP) is 8.66. The van der Waals surface area contributed by atoms with Gasteiger partial charge in [-0.05, 0) is 42.3 Å². The number of nitrogens with one attached hydrogen (secondary N) is 1. The van der Waals surface area contributed by atoms with Gasteiger partial charge in [-0.25, -0.2) is 4.58 Å². The largest absolute Gasteiger partial charge is 0.545 e. The van der Waals surface area contributed by atoms with Crippen molar-refractivity contribution in [2.24, 2.45) is 0 Å². The molecule has 0 saturated heterocycles. The van der Waals surface area contributed by atoms with Crippen molar-refractivity contribution in [1.82, 2.24) is 9.89 Å². The molecule has 0 spiro atoms. The van der Waals surface area contributed by atoms with Crippen molar-refractivity contribution in [3.63, 3.8) is 0 Å². The number of carbonyl (C=O) groups excluding carboxylic acids is 2. The number of amides is 1. The monoisotopic (exact) mass is 681 g/mol. The van der Waals surface area contributed by atoms with Crippen molar-refractivity contribution in [2.75, 3.05) is 39.6 Å². The van der Waals surface area contributed by atoms with E-state index in [-0.39, 0.29) is 11.5 Å². The lowest BCUT2D eigenvalue weighted by molar-refractivity contribution is -0.254. The number of carboxylic acid groups (broad SMARTS) is 1. The summed E-state index contributed by atoms with van der Waals surface area (Å²) in [4.78, 5) is 27.7. The van der Waals surface area contributed by atoms with Gasteiger partial charge in [-0.2, -0.15) is 0 Å². The summed E-state index contributed by atoms with van der Waals surface area (Å²) in [6.07, 6.45) is 20.8. The van der Waals surface area contributed by atoms with Gasteiger partial charge in [-0.15, -0.1) is 0 Å². The smallest absolute Gasteiger partial charge is 0.251 e.